The highest BCUT2D eigenvalue weighted by molar-refractivity contribution is 6.25. The Morgan fingerprint density at radius 2 is 1.92 bits per heavy atom. The normalized spacial score (nSPS) is 53.4. The first kappa shape index (κ1) is 18.7. The molecule has 0 bridgehead atoms. The van der Waals surface area contributed by atoms with Crippen LogP contribution in [-0.2, 0) is 14.3 Å². The van der Waals surface area contributed by atoms with Crippen LogP contribution in [-0.4, -0.2) is 33.9 Å². The minimum absolute atomic E-state index is 0.180. The fourth-order valence-corrected chi connectivity index (χ4v) is 7.80. The van der Waals surface area contributed by atoms with Gasteiger partial charge >= 0.3 is 5.97 Å². The van der Waals surface area contributed by atoms with Crippen molar-refractivity contribution in [3.63, 3.8) is 0 Å². The summed E-state index contributed by atoms with van der Waals surface area (Å²) in [6, 6.07) is 0. The summed E-state index contributed by atoms with van der Waals surface area (Å²) in [7, 11) is 0. The molecule has 0 aliphatic heterocycles. The third-order valence-electron chi connectivity index (χ3n) is 8.78. The van der Waals surface area contributed by atoms with E-state index in [9.17, 15) is 14.7 Å². The molecule has 4 aliphatic carbocycles. The lowest BCUT2D eigenvalue weighted by molar-refractivity contribution is -0.171. The summed E-state index contributed by atoms with van der Waals surface area (Å²) >= 11 is 7.16. The second-order valence-electron chi connectivity index (χ2n) is 9.80. The second-order valence-corrected chi connectivity index (χ2v) is 10.5. The van der Waals surface area contributed by atoms with Crippen LogP contribution in [0.1, 0.15) is 72.1 Å². The molecule has 8 atom stereocenters. The molecule has 1 N–H and O–H groups in total. The van der Waals surface area contributed by atoms with Crippen molar-refractivity contribution in [1.82, 2.24) is 0 Å². The van der Waals surface area contributed by atoms with Crippen LogP contribution in [0, 0.1) is 28.6 Å². The monoisotopic (exact) mass is 382 g/mol. The molecule has 0 spiro atoms. The number of aliphatic hydroxyl groups is 1. The number of rotatable bonds is 1. The maximum Gasteiger partial charge on any atom is 0.302 e. The van der Waals surface area contributed by atoms with Crippen molar-refractivity contribution in [1.29, 1.82) is 0 Å². The van der Waals surface area contributed by atoms with E-state index in [0.717, 1.165) is 32.1 Å². The van der Waals surface area contributed by atoms with E-state index in [1.807, 2.05) is 0 Å². The Hall–Kier alpha value is -0.610. The van der Waals surface area contributed by atoms with Gasteiger partial charge in [0.25, 0.3) is 0 Å². The van der Waals surface area contributed by atoms with Gasteiger partial charge in [0.15, 0.2) is 0 Å². The molecular formula is C21H31ClO4. The molecule has 0 amide bonds. The van der Waals surface area contributed by atoms with Gasteiger partial charge in [0.2, 0.25) is 0 Å². The smallest absolute Gasteiger partial charge is 0.302 e. The Labute approximate surface area is 161 Å². The number of halogens is 1. The fourth-order valence-electron chi connectivity index (χ4n) is 7.30. The van der Waals surface area contributed by atoms with Crippen LogP contribution in [0.3, 0.4) is 0 Å². The SMILES string of the molecule is CC(=O)OC1CCC2(C)C3CCC4(C)C(=O)CCC4C3CC(O)C2(Cl)C1. The summed E-state index contributed by atoms with van der Waals surface area (Å²) in [6.07, 6.45) is 5.66. The first-order valence-corrected chi connectivity index (χ1v) is 10.6. The second kappa shape index (κ2) is 5.94. The highest BCUT2D eigenvalue weighted by Gasteiger charge is 2.67. The molecule has 0 heterocycles. The van der Waals surface area contributed by atoms with E-state index in [2.05, 4.69) is 13.8 Å². The van der Waals surface area contributed by atoms with Crippen molar-refractivity contribution in [3.05, 3.63) is 0 Å². The molecule has 4 fully saturated rings. The highest BCUT2D eigenvalue weighted by Crippen LogP contribution is 2.68. The third kappa shape index (κ3) is 2.37. The first-order valence-electron chi connectivity index (χ1n) is 10.2. The molecule has 0 saturated heterocycles. The summed E-state index contributed by atoms with van der Waals surface area (Å²) in [4.78, 5) is 23.2. The number of carbonyl (C=O) groups excluding carboxylic acids is 2. The minimum Gasteiger partial charge on any atom is -0.462 e. The van der Waals surface area contributed by atoms with Crippen molar-refractivity contribution in [2.24, 2.45) is 28.6 Å². The zero-order valence-electron chi connectivity index (χ0n) is 16.1. The molecule has 0 aromatic heterocycles. The van der Waals surface area contributed by atoms with Crippen LogP contribution in [0.15, 0.2) is 0 Å². The summed E-state index contributed by atoms with van der Waals surface area (Å²) < 4.78 is 5.46. The predicted molar refractivity (Wildman–Crippen MR) is 98.8 cm³/mol. The summed E-state index contributed by atoms with van der Waals surface area (Å²) in [6.45, 7) is 5.82. The van der Waals surface area contributed by atoms with Gasteiger partial charge in [0, 0.05) is 25.2 Å². The van der Waals surface area contributed by atoms with Crippen LogP contribution in [0.25, 0.3) is 0 Å². The van der Waals surface area contributed by atoms with Crippen LogP contribution < -0.4 is 0 Å². The first-order chi connectivity index (χ1) is 12.1. The number of Topliss-reactive ketones (excluding diaryl/α,β-unsaturated/α-hetero) is 1. The van der Waals surface area contributed by atoms with E-state index in [4.69, 9.17) is 16.3 Å². The average molecular weight is 383 g/mol. The van der Waals surface area contributed by atoms with E-state index in [-0.39, 0.29) is 22.9 Å². The number of ketones is 1. The molecule has 5 heteroatoms. The molecule has 4 nitrogen and oxygen atoms in total. The molecule has 8 unspecified atom stereocenters. The van der Waals surface area contributed by atoms with Crippen molar-refractivity contribution in [2.75, 3.05) is 0 Å². The third-order valence-corrected chi connectivity index (χ3v) is 9.62. The average Bonchev–Trinajstić information content (AvgIpc) is 2.86. The number of hydrogen-bond donors (Lipinski definition) is 1. The Kier molecular flexibility index (Phi) is 4.28. The topological polar surface area (TPSA) is 63.6 Å². The van der Waals surface area contributed by atoms with Crippen molar-refractivity contribution < 1.29 is 19.4 Å². The maximum atomic E-state index is 12.5. The Morgan fingerprint density at radius 1 is 1.19 bits per heavy atom. The summed E-state index contributed by atoms with van der Waals surface area (Å²) in [5.41, 5.74) is -0.376. The van der Waals surface area contributed by atoms with Crippen molar-refractivity contribution >= 4 is 23.4 Å². The minimum atomic E-state index is -0.747. The maximum absolute atomic E-state index is 12.5. The number of carbonyl (C=O) groups is 2. The number of aliphatic hydroxyl groups excluding tert-OH is 1. The number of hydrogen-bond acceptors (Lipinski definition) is 4. The van der Waals surface area contributed by atoms with Gasteiger partial charge in [-0.05, 0) is 61.7 Å². The van der Waals surface area contributed by atoms with Crippen LogP contribution in [0.4, 0.5) is 0 Å². The van der Waals surface area contributed by atoms with E-state index < -0.39 is 11.0 Å². The molecule has 4 aliphatic rings. The molecular weight excluding hydrogens is 352 g/mol. The number of ether oxygens (including phenoxy) is 1. The van der Waals surface area contributed by atoms with E-state index >= 15 is 0 Å². The molecule has 4 saturated carbocycles. The van der Waals surface area contributed by atoms with Gasteiger partial charge in [0.1, 0.15) is 11.9 Å². The lowest BCUT2D eigenvalue weighted by Gasteiger charge is -2.64. The lowest BCUT2D eigenvalue weighted by Crippen LogP contribution is -2.66. The van der Waals surface area contributed by atoms with Gasteiger partial charge in [-0.15, -0.1) is 11.6 Å². The van der Waals surface area contributed by atoms with Gasteiger partial charge in [0.05, 0.1) is 11.0 Å². The van der Waals surface area contributed by atoms with Gasteiger partial charge < -0.3 is 9.84 Å². The van der Waals surface area contributed by atoms with E-state index in [1.165, 1.54) is 6.92 Å². The lowest BCUT2D eigenvalue weighted by atomic mass is 9.44. The van der Waals surface area contributed by atoms with Gasteiger partial charge in [-0.25, -0.2) is 0 Å². The van der Waals surface area contributed by atoms with Crippen molar-refractivity contribution in [3.8, 4) is 0 Å². The highest BCUT2D eigenvalue weighted by atomic mass is 35.5. The Balaban J connectivity index is 1.65. The van der Waals surface area contributed by atoms with Crippen LogP contribution >= 0.6 is 11.6 Å². The van der Waals surface area contributed by atoms with E-state index in [0.29, 0.717) is 42.8 Å². The molecule has 26 heavy (non-hydrogen) atoms. The molecule has 0 aromatic rings. The fraction of sp³-hybridized carbons (Fsp3) is 0.905. The molecule has 0 radical (unpaired) electrons. The quantitative estimate of drug-likeness (QED) is 0.552. The van der Waals surface area contributed by atoms with Gasteiger partial charge in [-0.2, -0.15) is 0 Å². The van der Waals surface area contributed by atoms with Crippen LogP contribution in [0.5, 0.6) is 0 Å². The van der Waals surface area contributed by atoms with Gasteiger partial charge in [-0.3, -0.25) is 9.59 Å². The Morgan fingerprint density at radius 3 is 2.62 bits per heavy atom. The van der Waals surface area contributed by atoms with Gasteiger partial charge in [-0.1, -0.05) is 13.8 Å². The zero-order chi connectivity index (χ0) is 18.9. The predicted octanol–water partition coefficient (Wildman–Crippen LogP) is 3.86. The molecule has 0 aromatic carbocycles. The summed E-state index contributed by atoms with van der Waals surface area (Å²) in [5, 5.41) is 11.1. The molecule has 4 rings (SSSR count). The zero-order valence-corrected chi connectivity index (χ0v) is 16.8. The number of esters is 1. The number of alkyl halides is 1. The molecule has 146 valence electrons. The number of fused-ring (bicyclic) bond motifs is 5. The largest absolute Gasteiger partial charge is 0.462 e. The van der Waals surface area contributed by atoms with E-state index in [1.54, 1.807) is 0 Å². The van der Waals surface area contributed by atoms with Crippen LogP contribution in [0.2, 0.25) is 0 Å². The Bertz CT molecular complexity index is 636. The summed E-state index contributed by atoms with van der Waals surface area (Å²) in [5.74, 6) is 1.33. The van der Waals surface area contributed by atoms with Crippen molar-refractivity contribution in [2.45, 2.75) is 89.2 Å². The standard InChI is InChI=1S/C21H31ClO4/c1-12(23)26-13-6-9-20(3)16-7-8-19(2)15(4-5-17(19)24)14(16)10-18(25)21(20,22)11-13/h13-16,18,25H,4-11H2,1-3H3.